The Morgan fingerprint density at radius 3 is 2.20 bits per heavy atom. The van der Waals surface area contributed by atoms with Crippen LogP contribution < -0.4 is 0 Å². The van der Waals surface area contributed by atoms with Gasteiger partial charge in [0.1, 0.15) is 0 Å². The highest BCUT2D eigenvalue weighted by Gasteiger charge is 2.04. The normalized spacial score (nSPS) is 11.9. The fourth-order valence-electron chi connectivity index (χ4n) is 2.32. The zero-order chi connectivity index (χ0) is 15.2. The lowest BCUT2D eigenvalue weighted by molar-refractivity contribution is -0.146. The molecule has 0 saturated heterocycles. The van der Waals surface area contributed by atoms with E-state index in [9.17, 15) is 4.79 Å². The first-order valence-corrected chi connectivity index (χ1v) is 8.47. The molecular formula is C18H34O2. The first-order valence-electron chi connectivity index (χ1n) is 8.47. The first kappa shape index (κ1) is 19.2. The number of hydrogen-bond donors (Lipinski definition) is 0. The van der Waals surface area contributed by atoms with Gasteiger partial charge < -0.3 is 4.74 Å². The number of ether oxygens (including phenoxy) is 1. The van der Waals surface area contributed by atoms with Crippen molar-refractivity contribution in [2.75, 3.05) is 0 Å². The van der Waals surface area contributed by atoms with E-state index in [1.807, 2.05) is 13.8 Å². The molecule has 0 aromatic carbocycles. The lowest BCUT2D eigenvalue weighted by Gasteiger charge is -2.08. The SMILES string of the molecule is CCCCCCCCC(=CCC(=O)OC(C)C)CCC. The second kappa shape index (κ2) is 13.2. The van der Waals surface area contributed by atoms with E-state index in [0.29, 0.717) is 6.42 Å². The summed E-state index contributed by atoms with van der Waals surface area (Å²) in [6, 6.07) is 0. The molecular weight excluding hydrogens is 248 g/mol. The van der Waals surface area contributed by atoms with E-state index in [2.05, 4.69) is 19.9 Å². The van der Waals surface area contributed by atoms with Crippen LogP contribution in [-0.4, -0.2) is 12.1 Å². The molecule has 0 amide bonds. The second-order valence-electron chi connectivity index (χ2n) is 5.87. The summed E-state index contributed by atoms with van der Waals surface area (Å²) in [5.41, 5.74) is 1.43. The molecule has 0 radical (unpaired) electrons. The van der Waals surface area contributed by atoms with Crippen LogP contribution in [0.3, 0.4) is 0 Å². The second-order valence-corrected chi connectivity index (χ2v) is 5.87. The summed E-state index contributed by atoms with van der Waals surface area (Å²) in [5.74, 6) is -0.100. The number of carbonyl (C=O) groups excluding carboxylic acids is 1. The predicted octanol–water partition coefficient (Wildman–Crippen LogP) is 5.81. The van der Waals surface area contributed by atoms with Gasteiger partial charge in [-0.05, 0) is 33.1 Å². The van der Waals surface area contributed by atoms with E-state index in [-0.39, 0.29) is 12.1 Å². The highest BCUT2D eigenvalue weighted by Crippen LogP contribution is 2.17. The molecule has 0 heterocycles. The topological polar surface area (TPSA) is 26.3 Å². The molecule has 0 aromatic heterocycles. The van der Waals surface area contributed by atoms with E-state index in [4.69, 9.17) is 4.74 Å². The summed E-state index contributed by atoms with van der Waals surface area (Å²) in [4.78, 5) is 11.5. The van der Waals surface area contributed by atoms with Crippen LogP contribution in [0.5, 0.6) is 0 Å². The Bertz CT molecular complexity index is 267. The molecule has 118 valence electrons. The third-order valence-corrected chi connectivity index (χ3v) is 3.35. The van der Waals surface area contributed by atoms with Crippen molar-refractivity contribution in [1.29, 1.82) is 0 Å². The molecule has 20 heavy (non-hydrogen) atoms. The minimum Gasteiger partial charge on any atom is -0.463 e. The van der Waals surface area contributed by atoms with E-state index >= 15 is 0 Å². The maximum Gasteiger partial charge on any atom is 0.309 e. The van der Waals surface area contributed by atoms with Crippen molar-refractivity contribution in [2.45, 2.75) is 98.0 Å². The van der Waals surface area contributed by atoms with Gasteiger partial charge in [0.15, 0.2) is 0 Å². The zero-order valence-electron chi connectivity index (χ0n) is 14.0. The largest absolute Gasteiger partial charge is 0.463 e. The Kier molecular flexibility index (Phi) is 12.7. The standard InChI is InChI=1S/C18H34O2/c1-5-7-8-9-10-11-13-17(12-6-2)14-15-18(19)20-16(3)4/h14,16H,5-13,15H2,1-4H3. The molecule has 0 atom stereocenters. The average Bonchev–Trinajstić information content (AvgIpc) is 2.39. The smallest absolute Gasteiger partial charge is 0.309 e. The molecule has 0 N–H and O–H groups in total. The van der Waals surface area contributed by atoms with E-state index in [1.165, 1.54) is 44.1 Å². The molecule has 0 aliphatic heterocycles. The van der Waals surface area contributed by atoms with Crippen LogP contribution in [0.2, 0.25) is 0 Å². The van der Waals surface area contributed by atoms with Crippen molar-refractivity contribution in [2.24, 2.45) is 0 Å². The van der Waals surface area contributed by atoms with E-state index in [0.717, 1.165) is 19.3 Å². The molecule has 2 heteroatoms. The predicted molar refractivity (Wildman–Crippen MR) is 86.8 cm³/mol. The fraction of sp³-hybridized carbons (Fsp3) is 0.833. The third kappa shape index (κ3) is 12.3. The van der Waals surface area contributed by atoms with Crippen LogP contribution in [0.15, 0.2) is 11.6 Å². The number of esters is 1. The van der Waals surface area contributed by atoms with Crippen LogP contribution in [0.25, 0.3) is 0 Å². The van der Waals surface area contributed by atoms with Gasteiger partial charge in [-0.3, -0.25) is 4.79 Å². The monoisotopic (exact) mass is 282 g/mol. The molecule has 0 fully saturated rings. The maximum absolute atomic E-state index is 11.5. The Morgan fingerprint density at radius 2 is 1.60 bits per heavy atom. The summed E-state index contributed by atoms with van der Waals surface area (Å²) < 4.78 is 5.17. The molecule has 0 bridgehead atoms. The zero-order valence-corrected chi connectivity index (χ0v) is 14.0. The average molecular weight is 282 g/mol. The van der Waals surface area contributed by atoms with Gasteiger partial charge in [0.25, 0.3) is 0 Å². The van der Waals surface area contributed by atoms with Gasteiger partial charge in [0.2, 0.25) is 0 Å². The lowest BCUT2D eigenvalue weighted by atomic mass is 10.0. The molecule has 0 aromatic rings. The van der Waals surface area contributed by atoms with Crippen molar-refractivity contribution >= 4 is 5.97 Å². The summed E-state index contributed by atoms with van der Waals surface area (Å²) in [6.07, 6.45) is 13.9. The fourth-order valence-corrected chi connectivity index (χ4v) is 2.32. The minimum atomic E-state index is -0.100. The van der Waals surface area contributed by atoms with Crippen molar-refractivity contribution in [3.63, 3.8) is 0 Å². The van der Waals surface area contributed by atoms with Crippen LogP contribution in [0.1, 0.15) is 91.9 Å². The van der Waals surface area contributed by atoms with Crippen LogP contribution >= 0.6 is 0 Å². The number of hydrogen-bond acceptors (Lipinski definition) is 2. The Morgan fingerprint density at radius 1 is 0.950 bits per heavy atom. The van der Waals surface area contributed by atoms with Crippen LogP contribution in [0.4, 0.5) is 0 Å². The number of unbranched alkanes of at least 4 members (excludes halogenated alkanes) is 5. The maximum atomic E-state index is 11.5. The van der Waals surface area contributed by atoms with Crippen molar-refractivity contribution in [3.05, 3.63) is 11.6 Å². The quantitative estimate of drug-likeness (QED) is 0.257. The first-order chi connectivity index (χ1) is 9.60. The summed E-state index contributed by atoms with van der Waals surface area (Å²) in [7, 11) is 0. The van der Waals surface area contributed by atoms with Gasteiger partial charge in [0.05, 0.1) is 12.5 Å². The minimum absolute atomic E-state index is 0.0101. The Labute approximate surface area is 126 Å². The molecule has 0 aliphatic rings. The molecule has 0 saturated carbocycles. The number of allylic oxidation sites excluding steroid dienone is 1. The molecule has 0 rings (SSSR count). The Hall–Kier alpha value is -0.790. The van der Waals surface area contributed by atoms with Crippen molar-refractivity contribution < 1.29 is 9.53 Å². The van der Waals surface area contributed by atoms with E-state index in [1.54, 1.807) is 0 Å². The molecule has 0 unspecified atom stereocenters. The molecule has 0 aliphatic carbocycles. The van der Waals surface area contributed by atoms with Crippen LogP contribution in [0, 0.1) is 0 Å². The highest BCUT2D eigenvalue weighted by molar-refractivity contribution is 5.71. The highest BCUT2D eigenvalue weighted by atomic mass is 16.5. The molecule has 2 nitrogen and oxygen atoms in total. The van der Waals surface area contributed by atoms with Gasteiger partial charge in [-0.25, -0.2) is 0 Å². The lowest BCUT2D eigenvalue weighted by Crippen LogP contribution is -2.10. The van der Waals surface area contributed by atoms with Gasteiger partial charge in [-0.15, -0.1) is 0 Å². The van der Waals surface area contributed by atoms with Gasteiger partial charge in [0, 0.05) is 0 Å². The van der Waals surface area contributed by atoms with Gasteiger partial charge in [-0.2, -0.15) is 0 Å². The Balaban J connectivity index is 3.92. The summed E-state index contributed by atoms with van der Waals surface area (Å²) in [6.45, 7) is 8.23. The van der Waals surface area contributed by atoms with E-state index < -0.39 is 0 Å². The summed E-state index contributed by atoms with van der Waals surface area (Å²) in [5, 5.41) is 0. The number of carbonyl (C=O) groups is 1. The van der Waals surface area contributed by atoms with Crippen molar-refractivity contribution in [3.8, 4) is 0 Å². The van der Waals surface area contributed by atoms with Crippen molar-refractivity contribution in [1.82, 2.24) is 0 Å². The number of rotatable bonds is 12. The van der Waals surface area contributed by atoms with Gasteiger partial charge >= 0.3 is 5.97 Å². The van der Waals surface area contributed by atoms with Gasteiger partial charge in [-0.1, -0.05) is 64.0 Å². The van der Waals surface area contributed by atoms with Crippen LogP contribution in [-0.2, 0) is 9.53 Å². The summed E-state index contributed by atoms with van der Waals surface area (Å²) >= 11 is 0. The molecule has 0 spiro atoms. The third-order valence-electron chi connectivity index (χ3n) is 3.35.